The Morgan fingerprint density at radius 2 is 2.12 bits per heavy atom. The van der Waals surface area contributed by atoms with Crippen molar-refractivity contribution in [1.82, 2.24) is 34.9 Å². The summed E-state index contributed by atoms with van der Waals surface area (Å²) >= 11 is 0. The summed E-state index contributed by atoms with van der Waals surface area (Å²) in [6.45, 7) is 1.97. The highest BCUT2D eigenvalue weighted by Gasteiger charge is 2.26. The van der Waals surface area contributed by atoms with Gasteiger partial charge in [-0.2, -0.15) is 9.61 Å². The molecule has 1 fully saturated rings. The molecule has 4 N–H and O–H groups in total. The van der Waals surface area contributed by atoms with Crippen LogP contribution < -0.4 is 26.9 Å². The molecular formula is C21H25N9O2. The summed E-state index contributed by atoms with van der Waals surface area (Å²) in [5.41, 5.74) is 5.23. The third-order valence-electron chi connectivity index (χ3n) is 5.56. The standard InChI is InChI=1S/C21H25N9O2/c1-12-11-28(3)27-18(12)29-8-4-5-15(21(29)32)25-16-9-17(22-2)30-19(26-16)14(10-23-30)20(31)24-13-6-7-13/h4-5,8-11,13,18,22,27H,6-7H2,1-3H3,(H,24,31)(H,25,26). The molecule has 32 heavy (non-hydrogen) atoms. The first-order valence-electron chi connectivity index (χ1n) is 10.5. The average Bonchev–Trinajstić information content (AvgIpc) is 3.37. The number of anilines is 3. The molecule has 5 rings (SSSR count). The zero-order chi connectivity index (χ0) is 22.4. The number of hydrazine groups is 1. The Labute approximate surface area is 184 Å². The van der Waals surface area contributed by atoms with Gasteiger partial charge in [0.2, 0.25) is 0 Å². The van der Waals surface area contributed by atoms with E-state index in [2.05, 4.69) is 31.5 Å². The molecule has 1 atom stereocenters. The zero-order valence-corrected chi connectivity index (χ0v) is 18.1. The van der Waals surface area contributed by atoms with Crippen molar-refractivity contribution in [3.8, 4) is 0 Å². The van der Waals surface area contributed by atoms with E-state index in [9.17, 15) is 9.59 Å². The highest BCUT2D eigenvalue weighted by Crippen LogP contribution is 2.24. The maximum atomic E-state index is 13.2. The normalized spacial score (nSPS) is 18.0. The Kier molecular flexibility index (Phi) is 4.82. The van der Waals surface area contributed by atoms with Crippen molar-refractivity contribution in [2.75, 3.05) is 24.7 Å². The highest BCUT2D eigenvalue weighted by molar-refractivity contribution is 6.00. The first-order chi connectivity index (χ1) is 15.4. The lowest BCUT2D eigenvalue weighted by atomic mass is 10.2. The molecule has 11 nitrogen and oxygen atoms in total. The predicted octanol–water partition coefficient (Wildman–Crippen LogP) is 1.42. The van der Waals surface area contributed by atoms with Crippen LogP contribution in [0, 0.1) is 0 Å². The molecule has 0 aromatic carbocycles. The van der Waals surface area contributed by atoms with Crippen LogP contribution in [0.3, 0.4) is 0 Å². The Bertz CT molecular complexity index is 1290. The molecule has 1 aliphatic carbocycles. The van der Waals surface area contributed by atoms with E-state index >= 15 is 0 Å². The molecule has 1 amide bonds. The fourth-order valence-electron chi connectivity index (χ4n) is 3.79. The van der Waals surface area contributed by atoms with Crippen LogP contribution in [-0.2, 0) is 0 Å². The molecular weight excluding hydrogens is 410 g/mol. The van der Waals surface area contributed by atoms with E-state index in [1.165, 1.54) is 6.20 Å². The van der Waals surface area contributed by atoms with Crippen LogP contribution in [0.15, 0.2) is 47.2 Å². The number of rotatable bonds is 6. The van der Waals surface area contributed by atoms with E-state index in [0.717, 1.165) is 18.4 Å². The van der Waals surface area contributed by atoms with Crippen LogP contribution >= 0.6 is 0 Å². The summed E-state index contributed by atoms with van der Waals surface area (Å²) < 4.78 is 3.20. The molecule has 1 saturated carbocycles. The van der Waals surface area contributed by atoms with Crippen molar-refractivity contribution in [2.24, 2.45) is 0 Å². The lowest BCUT2D eigenvalue weighted by molar-refractivity contribution is 0.0952. The minimum atomic E-state index is -0.259. The van der Waals surface area contributed by atoms with Crippen molar-refractivity contribution in [3.63, 3.8) is 0 Å². The molecule has 11 heteroatoms. The van der Waals surface area contributed by atoms with Gasteiger partial charge >= 0.3 is 0 Å². The summed E-state index contributed by atoms with van der Waals surface area (Å²) in [5, 5.41) is 15.3. The third kappa shape index (κ3) is 3.56. The topological polar surface area (TPSA) is 121 Å². The number of pyridine rings is 1. The molecule has 0 spiro atoms. The maximum absolute atomic E-state index is 13.2. The number of hydrogen-bond acceptors (Lipinski definition) is 8. The Morgan fingerprint density at radius 3 is 2.81 bits per heavy atom. The van der Waals surface area contributed by atoms with Gasteiger partial charge in [0, 0.05) is 38.6 Å². The second-order valence-corrected chi connectivity index (χ2v) is 8.09. The second-order valence-electron chi connectivity index (χ2n) is 8.09. The first-order valence-corrected chi connectivity index (χ1v) is 10.5. The van der Waals surface area contributed by atoms with Crippen molar-refractivity contribution < 1.29 is 4.79 Å². The van der Waals surface area contributed by atoms with Crippen LogP contribution in [-0.4, -0.2) is 50.2 Å². The van der Waals surface area contributed by atoms with Gasteiger partial charge in [-0.15, -0.1) is 0 Å². The maximum Gasteiger partial charge on any atom is 0.275 e. The van der Waals surface area contributed by atoms with Crippen molar-refractivity contribution in [2.45, 2.75) is 32.0 Å². The fourth-order valence-corrected chi connectivity index (χ4v) is 3.79. The summed E-state index contributed by atoms with van der Waals surface area (Å²) in [7, 11) is 3.65. The lowest BCUT2D eigenvalue weighted by Crippen LogP contribution is -2.36. The zero-order valence-electron chi connectivity index (χ0n) is 18.1. The quantitative estimate of drug-likeness (QED) is 0.459. The molecule has 3 aromatic heterocycles. The highest BCUT2D eigenvalue weighted by atomic mass is 16.2. The molecule has 2 aliphatic rings. The molecule has 0 saturated heterocycles. The average molecular weight is 435 g/mol. The van der Waals surface area contributed by atoms with Gasteiger partial charge in [0.1, 0.15) is 29.1 Å². The minimum Gasteiger partial charge on any atom is -0.373 e. The van der Waals surface area contributed by atoms with Gasteiger partial charge < -0.3 is 21.0 Å². The van der Waals surface area contributed by atoms with Crippen molar-refractivity contribution in [1.29, 1.82) is 0 Å². The first kappa shape index (κ1) is 20.1. The fraction of sp³-hybridized carbons (Fsp3) is 0.333. The van der Waals surface area contributed by atoms with Gasteiger partial charge in [-0.3, -0.25) is 14.2 Å². The number of nitrogens with one attached hydrogen (secondary N) is 4. The van der Waals surface area contributed by atoms with E-state index in [0.29, 0.717) is 28.5 Å². The van der Waals surface area contributed by atoms with Crippen molar-refractivity contribution in [3.05, 3.63) is 58.3 Å². The lowest BCUT2D eigenvalue weighted by Gasteiger charge is -2.19. The Balaban J connectivity index is 1.50. The number of carbonyl (C=O) groups excluding carboxylic acids is 1. The van der Waals surface area contributed by atoms with E-state index in [1.807, 2.05) is 31.2 Å². The molecule has 0 bridgehead atoms. The minimum absolute atomic E-state index is 0.194. The number of fused-ring (bicyclic) bond motifs is 1. The van der Waals surface area contributed by atoms with Gasteiger partial charge in [0.05, 0.1) is 6.20 Å². The summed E-state index contributed by atoms with van der Waals surface area (Å²) in [5.74, 6) is 0.869. The Morgan fingerprint density at radius 1 is 1.31 bits per heavy atom. The number of amides is 1. The van der Waals surface area contributed by atoms with E-state index in [1.54, 1.807) is 34.5 Å². The van der Waals surface area contributed by atoms with Crippen LogP contribution in [0.5, 0.6) is 0 Å². The molecule has 3 aromatic rings. The smallest absolute Gasteiger partial charge is 0.275 e. The summed E-state index contributed by atoms with van der Waals surface area (Å²) in [6.07, 6.45) is 6.93. The van der Waals surface area contributed by atoms with Gasteiger partial charge in [-0.25, -0.2) is 10.4 Å². The van der Waals surface area contributed by atoms with Crippen LogP contribution in [0.1, 0.15) is 36.3 Å². The van der Waals surface area contributed by atoms with Crippen LogP contribution in [0.2, 0.25) is 0 Å². The molecule has 1 aliphatic heterocycles. The SMILES string of the molecule is CNc1cc(Nc2cccn(C3NN(C)C=C3C)c2=O)nc2c(C(=O)NC3CC3)cnn12. The number of hydrogen-bond donors (Lipinski definition) is 4. The summed E-state index contributed by atoms with van der Waals surface area (Å²) in [4.78, 5) is 30.4. The van der Waals surface area contributed by atoms with Crippen LogP contribution in [0.4, 0.5) is 17.3 Å². The molecule has 166 valence electrons. The van der Waals surface area contributed by atoms with Crippen LogP contribution in [0.25, 0.3) is 5.65 Å². The number of aromatic nitrogens is 4. The molecule has 1 unspecified atom stereocenters. The third-order valence-corrected chi connectivity index (χ3v) is 5.56. The largest absolute Gasteiger partial charge is 0.373 e. The van der Waals surface area contributed by atoms with E-state index in [4.69, 9.17) is 0 Å². The van der Waals surface area contributed by atoms with E-state index in [-0.39, 0.29) is 23.7 Å². The predicted molar refractivity (Wildman–Crippen MR) is 121 cm³/mol. The van der Waals surface area contributed by atoms with E-state index < -0.39 is 0 Å². The number of nitrogens with zero attached hydrogens (tertiary/aromatic N) is 5. The summed E-state index contributed by atoms with van der Waals surface area (Å²) in [6, 6.07) is 5.48. The van der Waals surface area contributed by atoms with Gasteiger partial charge in [-0.05, 0) is 37.5 Å². The number of carbonyl (C=O) groups is 1. The molecule has 4 heterocycles. The van der Waals surface area contributed by atoms with Gasteiger partial charge in [0.15, 0.2) is 5.65 Å². The van der Waals surface area contributed by atoms with Gasteiger partial charge in [0.25, 0.3) is 11.5 Å². The second kappa shape index (κ2) is 7.68. The monoisotopic (exact) mass is 435 g/mol. The molecule has 0 radical (unpaired) electrons. The Hall–Kier alpha value is -3.86. The van der Waals surface area contributed by atoms with Gasteiger partial charge in [-0.1, -0.05) is 0 Å². The van der Waals surface area contributed by atoms with Crippen molar-refractivity contribution >= 4 is 28.9 Å².